The minimum absolute atomic E-state index is 0.345. The van der Waals surface area contributed by atoms with Crippen molar-refractivity contribution >= 4 is 26.2 Å². The van der Waals surface area contributed by atoms with Gasteiger partial charge in [-0.3, -0.25) is 4.79 Å². The van der Waals surface area contributed by atoms with Gasteiger partial charge in [-0.1, -0.05) is 58.2 Å². The number of carbonyl (C=O) groups excluding carboxylic acids is 1. The van der Waals surface area contributed by atoms with Gasteiger partial charge in [0, 0.05) is 31.4 Å². The molecule has 0 aromatic rings. The van der Waals surface area contributed by atoms with Gasteiger partial charge >= 0.3 is 9.28 Å². The van der Waals surface area contributed by atoms with Crippen molar-refractivity contribution in [1.82, 2.24) is 0 Å². The average Bonchev–Trinajstić information content (AvgIpc) is 2.45. The highest BCUT2D eigenvalue weighted by molar-refractivity contribution is 8.14. The van der Waals surface area contributed by atoms with Crippen LogP contribution in [-0.4, -0.2) is 33.9 Å². The van der Waals surface area contributed by atoms with Gasteiger partial charge in [-0.2, -0.15) is 0 Å². The van der Waals surface area contributed by atoms with Gasteiger partial charge in [-0.25, -0.2) is 0 Å². The zero-order valence-electron chi connectivity index (χ0n) is 14.4. The van der Waals surface area contributed by atoms with E-state index in [9.17, 15) is 4.79 Å². The molecule has 0 spiro atoms. The van der Waals surface area contributed by atoms with Crippen LogP contribution < -0.4 is 0 Å². The minimum atomic E-state index is -1.20. The summed E-state index contributed by atoms with van der Waals surface area (Å²) in [7, 11) is 2.26. The van der Waals surface area contributed by atoms with Crippen molar-refractivity contribution in [1.29, 1.82) is 0 Å². The number of unbranched alkanes of at least 4 members (excludes halogenated alkanes) is 3. The summed E-state index contributed by atoms with van der Waals surface area (Å²) in [6.45, 7) is 6.54. The normalized spacial score (nSPS) is 14.4. The van der Waals surface area contributed by atoms with E-state index >= 15 is 0 Å². The Morgan fingerprint density at radius 3 is 2.29 bits per heavy atom. The summed E-state index contributed by atoms with van der Waals surface area (Å²) in [6, 6.07) is 0. The Balaban J connectivity index is 4.11. The summed E-state index contributed by atoms with van der Waals surface area (Å²) in [4.78, 5) is 12.0. The molecule has 2 unspecified atom stereocenters. The molecule has 0 saturated heterocycles. The monoisotopic (exact) mass is 333 g/mol. The largest absolute Gasteiger partial charge is 0.397 e. The quantitative estimate of drug-likeness (QED) is 0.353. The average molecular weight is 334 g/mol. The fourth-order valence-electron chi connectivity index (χ4n) is 2.53. The lowest BCUT2D eigenvalue weighted by atomic mass is 10.1. The molecule has 0 N–H and O–H groups in total. The highest BCUT2D eigenvalue weighted by atomic mass is 32.2. The molecule has 0 aliphatic rings. The summed E-state index contributed by atoms with van der Waals surface area (Å²) in [5, 5.41) is 0.697. The molecule has 5 heteroatoms. The first kappa shape index (κ1) is 21.2. The lowest BCUT2D eigenvalue weighted by Gasteiger charge is -2.23. The lowest BCUT2D eigenvalue weighted by Crippen LogP contribution is -2.28. The van der Waals surface area contributed by atoms with Crippen molar-refractivity contribution < 1.29 is 13.6 Å². The van der Waals surface area contributed by atoms with Gasteiger partial charge in [0.15, 0.2) is 5.12 Å². The van der Waals surface area contributed by atoms with Gasteiger partial charge in [-0.05, 0) is 19.3 Å². The van der Waals surface area contributed by atoms with E-state index < -0.39 is 9.28 Å². The predicted octanol–water partition coefficient (Wildman–Crippen LogP) is 4.95. The molecule has 0 saturated carbocycles. The van der Waals surface area contributed by atoms with Crippen LogP contribution in [0, 0.1) is 0 Å². The van der Waals surface area contributed by atoms with E-state index in [4.69, 9.17) is 8.85 Å². The van der Waals surface area contributed by atoms with Gasteiger partial charge in [-0.15, -0.1) is 0 Å². The zero-order chi connectivity index (χ0) is 16.1. The van der Waals surface area contributed by atoms with E-state index in [1.807, 2.05) is 0 Å². The molecular formula is C16H33O3SSi. The predicted molar refractivity (Wildman–Crippen MR) is 93.9 cm³/mol. The Bertz CT molecular complexity index is 260. The highest BCUT2D eigenvalue weighted by Crippen LogP contribution is 2.30. The van der Waals surface area contributed by atoms with Crippen LogP contribution in [0.3, 0.4) is 0 Å². The Morgan fingerprint density at radius 1 is 1.10 bits per heavy atom. The van der Waals surface area contributed by atoms with Gasteiger partial charge in [0.05, 0.1) is 0 Å². The zero-order valence-corrected chi connectivity index (χ0v) is 16.3. The lowest BCUT2D eigenvalue weighted by molar-refractivity contribution is -0.111. The Hall–Kier alpha value is 0.157. The van der Waals surface area contributed by atoms with E-state index in [2.05, 4.69) is 20.8 Å². The summed E-state index contributed by atoms with van der Waals surface area (Å²) >= 11 is 1.52. The number of rotatable bonds is 13. The van der Waals surface area contributed by atoms with Crippen molar-refractivity contribution in [3.05, 3.63) is 0 Å². The molecular weight excluding hydrogens is 300 g/mol. The standard InChI is InChI=1S/C16H33O3SSi/c1-6-8-9-10-12-16(17)20-14(3)13-15(11-7-2)21(18-4)19-5/h14-15H,6-13H2,1-5H3. The molecule has 21 heavy (non-hydrogen) atoms. The third kappa shape index (κ3) is 10.5. The number of hydrogen-bond donors (Lipinski definition) is 0. The van der Waals surface area contributed by atoms with Crippen LogP contribution in [0.2, 0.25) is 5.54 Å². The van der Waals surface area contributed by atoms with Crippen LogP contribution in [0.25, 0.3) is 0 Å². The Labute approximate surface area is 137 Å². The van der Waals surface area contributed by atoms with Gasteiger partial charge in [0.2, 0.25) is 0 Å². The first-order chi connectivity index (χ1) is 10.1. The fraction of sp³-hybridized carbons (Fsp3) is 0.938. The molecule has 0 bridgehead atoms. The van der Waals surface area contributed by atoms with Crippen LogP contribution in [0.4, 0.5) is 0 Å². The molecule has 0 amide bonds. The van der Waals surface area contributed by atoms with E-state index in [0.717, 1.165) is 32.1 Å². The number of thioether (sulfide) groups is 1. The molecule has 0 aromatic carbocycles. The summed E-state index contributed by atoms with van der Waals surface area (Å²) in [5.41, 5.74) is 0.463. The van der Waals surface area contributed by atoms with E-state index in [0.29, 0.717) is 15.9 Å². The van der Waals surface area contributed by atoms with Gasteiger partial charge in [0.25, 0.3) is 0 Å². The molecule has 0 fully saturated rings. The van der Waals surface area contributed by atoms with E-state index in [-0.39, 0.29) is 0 Å². The van der Waals surface area contributed by atoms with Crippen LogP contribution in [0.1, 0.15) is 72.1 Å². The molecule has 125 valence electrons. The van der Waals surface area contributed by atoms with E-state index in [1.165, 1.54) is 31.0 Å². The van der Waals surface area contributed by atoms with Crippen LogP contribution in [0.5, 0.6) is 0 Å². The van der Waals surface area contributed by atoms with Crippen LogP contribution in [-0.2, 0) is 13.6 Å². The molecule has 0 aliphatic carbocycles. The maximum absolute atomic E-state index is 12.0. The maximum Gasteiger partial charge on any atom is 0.387 e. The Morgan fingerprint density at radius 2 is 1.76 bits per heavy atom. The summed E-state index contributed by atoms with van der Waals surface area (Å²) in [5.74, 6) is 0. The van der Waals surface area contributed by atoms with E-state index in [1.54, 1.807) is 14.2 Å². The fourth-order valence-corrected chi connectivity index (χ4v) is 5.64. The maximum atomic E-state index is 12.0. The second kappa shape index (κ2) is 13.8. The van der Waals surface area contributed by atoms with Crippen LogP contribution in [0.15, 0.2) is 0 Å². The second-order valence-corrected chi connectivity index (χ2v) is 9.33. The second-order valence-electron chi connectivity index (χ2n) is 5.56. The van der Waals surface area contributed by atoms with Crippen molar-refractivity contribution in [3.63, 3.8) is 0 Å². The highest BCUT2D eigenvalue weighted by Gasteiger charge is 2.28. The smallest absolute Gasteiger partial charge is 0.387 e. The Kier molecular flexibility index (Phi) is 13.9. The molecule has 0 aliphatic heterocycles. The first-order valence-corrected chi connectivity index (χ1v) is 10.5. The minimum Gasteiger partial charge on any atom is -0.397 e. The first-order valence-electron chi connectivity index (χ1n) is 8.23. The SMILES string of the molecule is CCCCCCC(=O)SC(C)CC(CCC)[Si](OC)OC. The molecule has 0 aromatic heterocycles. The summed E-state index contributed by atoms with van der Waals surface area (Å²) < 4.78 is 11.0. The third-order valence-electron chi connectivity index (χ3n) is 3.56. The number of hydrogen-bond acceptors (Lipinski definition) is 4. The van der Waals surface area contributed by atoms with Crippen molar-refractivity contribution in [2.75, 3.05) is 14.2 Å². The molecule has 1 radical (unpaired) electrons. The van der Waals surface area contributed by atoms with Crippen molar-refractivity contribution in [3.8, 4) is 0 Å². The van der Waals surface area contributed by atoms with Gasteiger partial charge in [0.1, 0.15) is 0 Å². The number of carbonyl (C=O) groups is 1. The topological polar surface area (TPSA) is 35.5 Å². The van der Waals surface area contributed by atoms with Crippen molar-refractivity contribution in [2.24, 2.45) is 0 Å². The third-order valence-corrected chi connectivity index (χ3v) is 6.61. The molecule has 2 atom stereocenters. The van der Waals surface area contributed by atoms with Crippen molar-refractivity contribution in [2.45, 2.75) is 82.9 Å². The van der Waals surface area contributed by atoms with Crippen LogP contribution >= 0.6 is 11.8 Å². The molecule has 0 rings (SSSR count). The molecule has 0 heterocycles. The molecule has 3 nitrogen and oxygen atoms in total. The van der Waals surface area contributed by atoms with Gasteiger partial charge < -0.3 is 8.85 Å². The summed E-state index contributed by atoms with van der Waals surface area (Å²) in [6.07, 6.45) is 8.65.